The lowest BCUT2D eigenvalue weighted by Gasteiger charge is -2.34. The summed E-state index contributed by atoms with van der Waals surface area (Å²) in [5, 5.41) is 24.9. The van der Waals surface area contributed by atoms with Crippen molar-refractivity contribution in [3.8, 4) is 11.1 Å². The number of imide groups is 1. The van der Waals surface area contributed by atoms with Gasteiger partial charge < -0.3 is 15.0 Å². The van der Waals surface area contributed by atoms with Gasteiger partial charge in [0.15, 0.2) is 0 Å². The lowest BCUT2D eigenvalue weighted by Crippen LogP contribution is -2.45. The third-order valence-corrected chi connectivity index (χ3v) is 12.7. The molecular formula is C44H51F3N12O4. The first kappa shape index (κ1) is 42.4. The maximum Gasteiger partial charge on any atom is 0.390 e. The van der Waals surface area contributed by atoms with Crippen molar-refractivity contribution < 1.29 is 27.9 Å². The number of aliphatic hydroxyl groups is 1. The van der Waals surface area contributed by atoms with Crippen LogP contribution in [-0.2, 0) is 42.7 Å². The Bertz CT molecular complexity index is 2670. The summed E-state index contributed by atoms with van der Waals surface area (Å²) >= 11 is 0. The van der Waals surface area contributed by atoms with Crippen LogP contribution in [-0.4, -0.2) is 110 Å². The molecule has 332 valence electrons. The Hall–Kier alpha value is -5.92. The molecule has 0 unspecified atom stereocenters. The van der Waals surface area contributed by atoms with E-state index in [1.165, 1.54) is 10.1 Å². The second-order valence-corrected chi connectivity index (χ2v) is 17.1. The Morgan fingerprint density at radius 3 is 2.35 bits per heavy atom. The summed E-state index contributed by atoms with van der Waals surface area (Å²) in [6.07, 6.45) is 4.30. The van der Waals surface area contributed by atoms with Crippen LogP contribution in [0.15, 0.2) is 65.8 Å². The minimum absolute atomic E-state index is 0.121. The number of carbonyl (C=O) groups is 2. The topological polar surface area (TPSA) is 173 Å². The first-order chi connectivity index (χ1) is 30.3. The van der Waals surface area contributed by atoms with E-state index >= 15 is 0 Å². The zero-order valence-corrected chi connectivity index (χ0v) is 35.1. The largest absolute Gasteiger partial charge is 0.393 e. The smallest absolute Gasteiger partial charge is 0.390 e. The molecule has 1 atom stereocenters. The number of nitrogens with one attached hydrogen (secondary N) is 2. The molecule has 3 N–H and O–H groups in total. The van der Waals surface area contributed by atoms with Gasteiger partial charge in [-0.1, -0.05) is 35.5 Å². The van der Waals surface area contributed by atoms with Crippen molar-refractivity contribution in [2.75, 3.05) is 38.0 Å². The SMILES string of the molecule is Cn1c(=O)n([C@H]2CCC(=O)NC2=O)c2ccc(CCn3cc(CN4CCN(Cc5ccc(-c6cn(C7CCC(O)CC7)c7nc(NCCC(F)(F)F)ncc67)cc5)CC4)nn3)cc21. The van der Waals surface area contributed by atoms with Crippen molar-refractivity contribution in [1.29, 1.82) is 0 Å². The zero-order valence-electron chi connectivity index (χ0n) is 35.1. The summed E-state index contributed by atoms with van der Waals surface area (Å²) in [5.41, 5.74) is 6.86. The minimum Gasteiger partial charge on any atom is -0.393 e. The fraction of sp³-hybridized carbons (Fsp3) is 0.477. The first-order valence-corrected chi connectivity index (χ1v) is 21.7. The molecule has 1 saturated carbocycles. The van der Waals surface area contributed by atoms with E-state index in [2.05, 4.69) is 75.7 Å². The van der Waals surface area contributed by atoms with Crippen molar-refractivity contribution in [2.24, 2.45) is 7.05 Å². The quantitative estimate of drug-likeness (QED) is 0.137. The maximum absolute atomic E-state index is 13.2. The summed E-state index contributed by atoms with van der Waals surface area (Å²) in [5.74, 6) is -0.609. The van der Waals surface area contributed by atoms with Crippen LogP contribution in [0.1, 0.15) is 73.9 Å². The highest BCUT2D eigenvalue weighted by molar-refractivity contribution is 6.00. The second-order valence-electron chi connectivity index (χ2n) is 17.1. The van der Waals surface area contributed by atoms with E-state index in [4.69, 9.17) is 0 Å². The molecule has 2 saturated heterocycles. The van der Waals surface area contributed by atoms with Gasteiger partial charge in [-0.15, -0.1) is 5.10 Å². The van der Waals surface area contributed by atoms with Gasteiger partial charge in [-0.3, -0.25) is 38.5 Å². The van der Waals surface area contributed by atoms with Crippen LogP contribution in [0.3, 0.4) is 0 Å². The molecule has 6 heterocycles. The van der Waals surface area contributed by atoms with E-state index in [0.717, 1.165) is 78.9 Å². The number of piperidine rings is 1. The second kappa shape index (κ2) is 17.7. The number of halogens is 3. The number of benzene rings is 2. The van der Waals surface area contributed by atoms with Crippen LogP contribution in [0.5, 0.6) is 0 Å². The van der Waals surface area contributed by atoms with E-state index in [9.17, 15) is 32.7 Å². The van der Waals surface area contributed by atoms with E-state index in [0.29, 0.717) is 49.9 Å². The van der Waals surface area contributed by atoms with Gasteiger partial charge in [0.2, 0.25) is 17.8 Å². The average Bonchev–Trinajstić information content (AvgIpc) is 3.95. The number of aryl methyl sites for hydroxylation is 3. The Morgan fingerprint density at radius 2 is 1.62 bits per heavy atom. The molecule has 0 spiro atoms. The number of carbonyl (C=O) groups excluding carboxylic acids is 2. The van der Waals surface area contributed by atoms with Crippen LogP contribution < -0.4 is 16.3 Å². The van der Waals surface area contributed by atoms with Crippen LogP contribution in [0.2, 0.25) is 0 Å². The van der Waals surface area contributed by atoms with Gasteiger partial charge in [-0.05, 0) is 67.3 Å². The van der Waals surface area contributed by atoms with Crippen molar-refractivity contribution >= 4 is 39.8 Å². The number of rotatable bonds is 13. The highest BCUT2D eigenvalue weighted by Gasteiger charge is 2.32. The van der Waals surface area contributed by atoms with Crippen molar-refractivity contribution in [1.82, 2.24) is 53.8 Å². The summed E-state index contributed by atoms with van der Waals surface area (Å²) in [7, 11) is 1.69. The van der Waals surface area contributed by atoms with Crippen LogP contribution in [0.4, 0.5) is 19.1 Å². The summed E-state index contributed by atoms with van der Waals surface area (Å²) in [4.78, 5) is 51.3. The molecule has 19 heteroatoms. The maximum atomic E-state index is 13.2. The number of anilines is 1. The number of aromatic nitrogens is 8. The minimum atomic E-state index is -4.27. The van der Waals surface area contributed by atoms with Gasteiger partial charge in [0.1, 0.15) is 11.7 Å². The van der Waals surface area contributed by atoms with E-state index < -0.39 is 24.5 Å². The lowest BCUT2D eigenvalue weighted by molar-refractivity contribution is -0.136. The molecule has 9 rings (SSSR count). The Morgan fingerprint density at radius 1 is 0.889 bits per heavy atom. The number of hydrogen-bond donors (Lipinski definition) is 3. The van der Waals surface area contributed by atoms with E-state index in [-0.39, 0.29) is 42.7 Å². The van der Waals surface area contributed by atoms with E-state index in [1.807, 2.05) is 29.1 Å². The molecule has 6 aromatic rings. The van der Waals surface area contributed by atoms with Crippen molar-refractivity contribution in [3.63, 3.8) is 0 Å². The molecule has 4 aromatic heterocycles. The van der Waals surface area contributed by atoms with Gasteiger partial charge in [0.25, 0.3) is 0 Å². The predicted molar refractivity (Wildman–Crippen MR) is 229 cm³/mol. The summed E-state index contributed by atoms with van der Waals surface area (Å²) in [6.45, 7) is 5.43. The predicted octanol–water partition coefficient (Wildman–Crippen LogP) is 4.72. The lowest BCUT2D eigenvalue weighted by atomic mass is 9.93. The van der Waals surface area contributed by atoms with Gasteiger partial charge in [-0.25, -0.2) is 9.78 Å². The van der Waals surface area contributed by atoms with E-state index in [1.54, 1.807) is 17.8 Å². The molecule has 3 fully saturated rings. The summed E-state index contributed by atoms with van der Waals surface area (Å²) in [6, 6.07) is 13.7. The van der Waals surface area contributed by atoms with Crippen LogP contribution in [0, 0.1) is 0 Å². The highest BCUT2D eigenvalue weighted by Crippen LogP contribution is 2.37. The standard InChI is InChI=1S/C44H51F3N12O4/c1-54-38-22-28(4-11-36(38)59(43(54)63)37-12-13-39(61)50-41(37)62)14-17-57-26-31(52-53-57)25-56-20-18-55(19-21-56)24-29-2-5-30(6-3-29)35-27-58(32-7-9-33(60)10-8-32)40-34(35)23-49-42(51-40)48-16-15-44(45,46)47/h2-6,11,22-23,26-27,32-33,37,60H,7-10,12-21,24-25H2,1H3,(H,48,49,51)(H,50,61,62)/t32?,33?,37-/m0/s1. The number of alkyl halides is 3. The van der Waals surface area contributed by atoms with Gasteiger partial charge in [0.05, 0.1) is 29.3 Å². The Labute approximate surface area is 360 Å². The molecule has 3 aliphatic rings. The number of imidazole rings is 1. The molecular weight excluding hydrogens is 818 g/mol. The fourth-order valence-electron chi connectivity index (χ4n) is 9.22. The molecule has 2 aliphatic heterocycles. The monoisotopic (exact) mass is 868 g/mol. The molecule has 63 heavy (non-hydrogen) atoms. The van der Waals surface area contributed by atoms with Gasteiger partial charge >= 0.3 is 11.9 Å². The highest BCUT2D eigenvalue weighted by atomic mass is 19.4. The molecule has 0 radical (unpaired) electrons. The molecule has 2 aromatic carbocycles. The third-order valence-electron chi connectivity index (χ3n) is 12.7. The average molecular weight is 869 g/mol. The number of hydrogen-bond acceptors (Lipinski definition) is 11. The van der Waals surface area contributed by atoms with Crippen molar-refractivity contribution in [3.05, 3.63) is 88.4 Å². The fourth-order valence-corrected chi connectivity index (χ4v) is 9.22. The number of nitrogens with zero attached hydrogens (tertiary/aromatic N) is 10. The van der Waals surface area contributed by atoms with Crippen LogP contribution >= 0.6 is 0 Å². The number of piperazine rings is 1. The van der Waals surface area contributed by atoms with Gasteiger partial charge in [-0.2, -0.15) is 18.2 Å². The zero-order chi connectivity index (χ0) is 43.8. The first-order valence-electron chi connectivity index (χ1n) is 21.7. The Balaban J connectivity index is 0.781. The Kier molecular flexibility index (Phi) is 11.9. The summed E-state index contributed by atoms with van der Waals surface area (Å²) < 4.78 is 45.4. The molecule has 0 bridgehead atoms. The molecule has 1 aliphatic carbocycles. The number of amides is 2. The normalized spacial score (nSPS) is 20.5. The van der Waals surface area contributed by atoms with Crippen molar-refractivity contribution in [2.45, 2.75) is 95.4 Å². The van der Waals surface area contributed by atoms with Gasteiger partial charge in [0, 0.05) is 101 Å². The number of aliphatic hydroxyl groups excluding tert-OH is 1. The molecule has 2 amide bonds. The van der Waals surface area contributed by atoms with Crippen LogP contribution in [0.25, 0.3) is 33.2 Å². The molecule has 16 nitrogen and oxygen atoms in total. The number of fused-ring (bicyclic) bond motifs is 2. The third kappa shape index (κ3) is 9.40.